The van der Waals surface area contributed by atoms with Crippen molar-refractivity contribution < 1.29 is 79.2 Å². The monoisotopic (exact) mass is 632 g/mol. The summed E-state index contributed by atoms with van der Waals surface area (Å²) in [4.78, 5) is 75.4. The molecular formula is C28H40O16. The number of aliphatic carboxylic acids is 8. The summed E-state index contributed by atoms with van der Waals surface area (Å²) in [5.41, 5.74) is 0.704. The Balaban J connectivity index is -0.0000000562. The first kappa shape index (κ1) is 57.5. The zero-order valence-electron chi connectivity index (χ0n) is 24.8. The Labute approximate surface area is 254 Å². The highest BCUT2D eigenvalue weighted by Gasteiger charge is 1.91. The average Bonchev–Trinajstić information content (AvgIpc) is 2.90. The number of carboxylic acid groups (broad SMARTS) is 8. The van der Waals surface area contributed by atoms with Crippen LogP contribution >= 0.6 is 0 Å². The summed E-state index contributed by atoms with van der Waals surface area (Å²) in [5.74, 6) is -7.67. The molecule has 0 saturated heterocycles. The van der Waals surface area contributed by atoms with Gasteiger partial charge in [-0.15, -0.1) is 0 Å². The molecule has 0 radical (unpaired) electrons. The zero-order valence-corrected chi connectivity index (χ0v) is 24.8. The van der Waals surface area contributed by atoms with Crippen LogP contribution in [0.3, 0.4) is 0 Å². The van der Waals surface area contributed by atoms with Crippen LogP contribution in [0.15, 0.2) is 99.2 Å². The van der Waals surface area contributed by atoms with Gasteiger partial charge in [0, 0.05) is 46.6 Å². The lowest BCUT2D eigenvalue weighted by Crippen LogP contribution is -1.92. The van der Waals surface area contributed by atoms with Gasteiger partial charge in [0.25, 0.3) is 0 Å². The van der Waals surface area contributed by atoms with E-state index in [2.05, 4.69) is 52.6 Å². The molecule has 0 heterocycles. The summed E-state index contributed by atoms with van der Waals surface area (Å²) in [6.45, 7) is 30.3. The molecule has 0 spiro atoms. The Hall–Kier alpha value is -6.32. The lowest BCUT2D eigenvalue weighted by Gasteiger charge is -1.79. The number of carboxylic acids is 8. The summed E-state index contributed by atoms with van der Waals surface area (Å²) >= 11 is 0. The van der Waals surface area contributed by atoms with Crippen LogP contribution in [0.2, 0.25) is 0 Å². The van der Waals surface area contributed by atoms with Gasteiger partial charge in [0.05, 0.1) is 0 Å². The molecule has 0 aliphatic heterocycles. The predicted molar refractivity (Wildman–Crippen MR) is 161 cm³/mol. The number of hydrogen-bond acceptors (Lipinski definition) is 8. The maximum atomic E-state index is 9.60. The van der Waals surface area contributed by atoms with Gasteiger partial charge in [0.2, 0.25) is 0 Å². The molecule has 16 heteroatoms. The van der Waals surface area contributed by atoms with Gasteiger partial charge < -0.3 is 40.9 Å². The molecule has 0 amide bonds. The fourth-order valence-electron chi connectivity index (χ4n) is 0. The van der Waals surface area contributed by atoms with Crippen LogP contribution in [0.5, 0.6) is 0 Å². The minimum atomic E-state index is -0.981. The van der Waals surface area contributed by atoms with E-state index < -0.39 is 47.8 Å². The second kappa shape index (κ2) is 41.2. The number of rotatable bonds is 8. The third-order valence-corrected chi connectivity index (χ3v) is 2.16. The Morgan fingerprint density at radius 2 is 0.386 bits per heavy atom. The van der Waals surface area contributed by atoms with Crippen molar-refractivity contribution >= 4 is 47.8 Å². The van der Waals surface area contributed by atoms with E-state index in [1.165, 1.54) is 27.7 Å². The maximum absolute atomic E-state index is 9.60. The SMILES string of the molecule is C=C(C)C(=O)O.C=C(C)C(=O)O.C=C(C)C(=O)O.C=C(C)C(=O)O.C=CC(=O)O.C=CC(=O)O.C=CC(=O)O.C=CC(=O)O. The van der Waals surface area contributed by atoms with Gasteiger partial charge in [0.1, 0.15) is 0 Å². The summed E-state index contributed by atoms with van der Waals surface area (Å²) in [5, 5.41) is 62.0. The lowest BCUT2D eigenvalue weighted by molar-refractivity contribution is -0.133. The fraction of sp³-hybridized carbons (Fsp3) is 0.143. The van der Waals surface area contributed by atoms with E-state index in [0.717, 1.165) is 24.3 Å². The highest BCUT2D eigenvalue weighted by Crippen LogP contribution is 1.82. The molecule has 0 rings (SSSR count). The van der Waals surface area contributed by atoms with Crippen LogP contribution in [0.1, 0.15) is 27.7 Å². The van der Waals surface area contributed by atoms with E-state index in [1.807, 2.05) is 0 Å². The van der Waals surface area contributed by atoms with E-state index in [-0.39, 0.29) is 22.3 Å². The molecule has 0 aromatic rings. The molecular weight excluding hydrogens is 592 g/mol. The van der Waals surface area contributed by atoms with Crippen molar-refractivity contribution in [2.24, 2.45) is 0 Å². The smallest absolute Gasteiger partial charge is 0.330 e. The van der Waals surface area contributed by atoms with E-state index in [0.29, 0.717) is 0 Å². The minimum absolute atomic E-state index is 0.176. The van der Waals surface area contributed by atoms with Gasteiger partial charge in [-0.25, -0.2) is 38.4 Å². The number of carbonyl (C=O) groups is 8. The molecule has 248 valence electrons. The topological polar surface area (TPSA) is 298 Å². The Bertz CT molecular complexity index is 844. The molecule has 0 saturated carbocycles. The first-order valence-electron chi connectivity index (χ1n) is 10.6. The average molecular weight is 633 g/mol. The molecule has 0 unspecified atom stereocenters. The first-order chi connectivity index (χ1) is 19.7. The lowest BCUT2D eigenvalue weighted by atomic mass is 10.4. The highest BCUT2D eigenvalue weighted by molar-refractivity contribution is 5.86. The molecule has 44 heavy (non-hydrogen) atoms. The second-order valence-electron chi connectivity index (χ2n) is 6.51. The third-order valence-electron chi connectivity index (χ3n) is 2.16. The van der Waals surface area contributed by atoms with Gasteiger partial charge in [-0.1, -0.05) is 52.6 Å². The van der Waals surface area contributed by atoms with Gasteiger partial charge in [0.15, 0.2) is 0 Å². The van der Waals surface area contributed by atoms with E-state index in [4.69, 9.17) is 40.9 Å². The van der Waals surface area contributed by atoms with E-state index >= 15 is 0 Å². The van der Waals surface area contributed by atoms with Crippen molar-refractivity contribution in [3.8, 4) is 0 Å². The van der Waals surface area contributed by atoms with Crippen LogP contribution in [-0.2, 0) is 38.4 Å². The van der Waals surface area contributed by atoms with Crippen molar-refractivity contribution in [2.45, 2.75) is 27.7 Å². The largest absolute Gasteiger partial charge is 0.478 e. The van der Waals surface area contributed by atoms with Crippen molar-refractivity contribution in [1.29, 1.82) is 0 Å². The highest BCUT2D eigenvalue weighted by atomic mass is 16.4. The van der Waals surface area contributed by atoms with E-state index in [1.54, 1.807) is 0 Å². The molecule has 8 N–H and O–H groups in total. The van der Waals surface area contributed by atoms with Crippen LogP contribution in [0.25, 0.3) is 0 Å². The maximum Gasteiger partial charge on any atom is 0.330 e. The summed E-state index contributed by atoms with van der Waals surface area (Å²) < 4.78 is 0. The second-order valence-corrected chi connectivity index (χ2v) is 6.51. The summed E-state index contributed by atoms with van der Waals surface area (Å²) in [7, 11) is 0. The van der Waals surface area contributed by atoms with Gasteiger partial charge in [-0.2, -0.15) is 0 Å². The van der Waals surface area contributed by atoms with Gasteiger partial charge in [-0.3, -0.25) is 0 Å². The van der Waals surface area contributed by atoms with Crippen molar-refractivity contribution in [2.75, 3.05) is 0 Å². The molecule has 0 atom stereocenters. The molecule has 0 aromatic carbocycles. The van der Waals surface area contributed by atoms with Crippen LogP contribution in [0, 0.1) is 0 Å². The molecule has 16 nitrogen and oxygen atoms in total. The fourth-order valence-corrected chi connectivity index (χ4v) is 0. The number of hydrogen-bond donors (Lipinski definition) is 8. The molecule has 0 fully saturated rings. The van der Waals surface area contributed by atoms with Crippen LogP contribution in [-0.4, -0.2) is 88.6 Å². The Morgan fingerprint density at radius 3 is 0.386 bits per heavy atom. The van der Waals surface area contributed by atoms with Crippen LogP contribution in [0.4, 0.5) is 0 Å². The van der Waals surface area contributed by atoms with Crippen LogP contribution < -0.4 is 0 Å². The first-order valence-corrected chi connectivity index (χ1v) is 10.6. The molecule has 0 aliphatic rings. The predicted octanol–water partition coefficient (Wildman–Crippen LogP) is 3.62. The molecule has 0 aliphatic carbocycles. The standard InChI is InChI=1S/4C4H6O2.4C3H4O2/c4*1-3(2)4(5)6;4*1-2-3(4)5/h4*1H2,2H3,(H,5,6);4*2H,1H2,(H,4,5). The van der Waals surface area contributed by atoms with Crippen molar-refractivity contribution in [3.63, 3.8) is 0 Å². The van der Waals surface area contributed by atoms with Gasteiger partial charge in [-0.05, 0) is 27.7 Å². The molecule has 0 bridgehead atoms. The third kappa shape index (κ3) is 137. The zero-order chi connectivity index (χ0) is 37.8. The normalized spacial score (nSPS) is 7.00. The van der Waals surface area contributed by atoms with Crippen molar-refractivity contribution in [1.82, 2.24) is 0 Å². The summed E-state index contributed by atoms with van der Waals surface area (Å²) in [6, 6.07) is 0. The Kier molecular flexibility index (Phi) is 53.8. The summed E-state index contributed by atoms with van der Waals surface area (Å²) in [6.07, 6.45) is 3.33. The molecule has 0 aromatic heterocycles. The Morgan fingerprint density at radius 1 is 0.341 bits per heavy atom. The van der Waals surface area contributed by atoms with Gasteiger partial charge >= 0.3 is 47.8 Å². The van der Waals surface area contributed by atoms with E-state index in [9.17, 15) is 38.4 Å². The van der Waals surface area contributed by atoms with Crippen molar-refractivity contribution in [3.05, 3.63) is 99.2 Å². The minimum Gasteiger partial charge on any atom is -0.478 e. The quantitative estimate of drug-likeness (QED) is 0.177.